The van der Waals surface area contributed by atoms with Gasteiger partial charge in [-0.3, -0.25) is 4.79 Å². The number of anilines is 1. The average molecular weight is 452 g/mol. The Bertz CT molecular complexity index is 978. The highest BCUT2D eigenvalue weighted by molar-refractivity contribution is 7.89. The highest BCUT2D eigenvalue weighted by atomic mass is 35.5. The fraction of sp³-hybridized carbons (Fsp3) is 0.235. The molecule has 0 atom stereocenters. The van der Waals surface area contributed by atoms with Gasteiger partial charge in [0.2, 0.25) is 10.0 Å². The Morgan fingerprint density at radius 2 is 1.70 bits per heavy atom. The second-order valence-corrected chi connectivity index (χ2v) is 9.14. The van der Waals surface area contributed by atoms with E-state index in [-0.39, 0.29) is 32.3 Å². The summed E-state index contributed by atoms with van der Waals surface area (Å²) in [4.78, 5) is 12.2. The first-order valence-corrected chi connectivity index (χ1v) is 10.2. The maximum Gasteiger partial charge on any atom is 0.262 e. The van der Waals surface area contributed by atoms with Crippen LogP contribution in [-0.4, -0.2) is 39.3 Å². The van der Waals surface area contributed by atoms with Crippen LogP contribution in [0, 0.1) is 6.92 Å². The van der Waals surface area contributed by atoms with Crippen molar-refractivity contribution >= 4 is 56.4 Å². The van der Waals surface area contributed by atoms with Crippen LogP contribution >= 0.6 is 34.8 Å². The van der Waals surface area contributed by atoms with Gasteiger partial charge < -0.3 is 10.1 Å². The summed E-state index contributed by atoms with van der Waals surface area (Å²) in [7, 11) is -0.751. The van der Waals surface area contributed by atoms with Crippen LogP contribution in [0.2, 0.25) is 15.1 Å². The lowest BCUT2D eigenvalue weighted by Crippen LogP contribution is -2.24. The number of rotatable bonds is 6. The highest BCUT2D eigenvalue weighted by Gasteiger charge is 2.20. The van der Waals surface area contributed by atoms with Crippen LogP contribution in [0.3, 0.4) is 0 Å². The Kier molecular flexibility index (Phi) is 6.99. The number of amides is 1. The van der Waals surface area contributed by atoms with Gasteiger partial charge in [-0.25, -0.2) is 12.7 Å². The number of sulfonamides is 1. The van der Waals surface area contributed by atoms with Crippen molar-refractivity contribution in [2.75, 3.05) is 26.0 Å². The molecule has 0 bridgehead atoms. The Morgan fingerprint density at radius 1 is 1.07 bits per heavy atom. The molecule has 0 radical (unpaired) electrons. The Balaban J connectivity index is 2.12. The van der Waals surface area contributed by atoms with Crippen molar-refractivity contribution in [3.63, 3.8) is 0 Å². The quantitative estimate of drug-likeness (QED) is 0.667. The minimum Gasteiger partial charge on any atom is -0.482 e. The summed E-state index contributed by atoms with van der Waals surface area (Å²) in [6.45, 7) is 1.33. The molecule has 0 unspecified atom stereocenters. The Morgan fingerprint density at radius 3 is 2.33 bits per heavy atom. The largest absolute Gasteiger partial charge is 0.482 e. The zero-order valence-electron chi connectivity index (χ0n) is 14.7. The fourth-order valence-corrected chi connectivity index (χ4v) is 3.84. The zero-order valence-corrected chi connectivity index (χ0v) is 17.8. The molecule has 0 spiro atoms. The first kappa shape index (κ1) is 21.8. The van der Waals surface area contributed by atoms with Crippen molar-refractivity contribution in [1.82, 2.24) is 4.31 Å². The van der Waals surface area contributed by atoms with E-state index in [0.29, 0.717) is 11.3 Å². The van der Waals surface area contributed by atoms with E-state index in [1.54, 1.807) is 19.1 Å². The van der Waals surface area contributed by atoms with Crippen LogP contribution in [0.15, 0.2) is 35.2 Å². The molecule has 6 nitrogen and oxygen atoms in total. The number of halogens is 3. The third kappa shape index (κ3) is 5.27. The molecule has 2 rings (SSSR count). The predicted molar refractivity (Wildman–Crippen MR) is 108 cm³/mol. The molecule has 2 aromatic carbocycles. The third-order valence-electron chi connectivity index (χ3n) is 3.56. The molecule has 27 heavy (non-hydrogen) atoms. The number of hydrogen-bond donors (Lipinski definition) is 1. The molecule has 2 aromatic rings. The number of hydrogen-bond acceptors (Lipinski definition) is 4. The van der Waals surface area contributed by atoms with Crippen LogP contribution in [-0.2, 0) is 14.8 Å². The summed E-state index contributed by atoms with van der Waals surface area (Å²) >= 11 is 17.7. The molecule has 0 heterocycles. The number of nitrogens with zero attached hydrogens (tertiary/aromatic N) is 1. The lowest BCUT2D eigenvalue weighted by Gasteiger charge is -2.15. The summed E-state index contributed by atoms with van der Waals surface area (Å²) < 4.78 is 31.2. The maximum absolute atomic E-state index is 12.3. The fourth-order valence-electron chi connectivity index (χ4n) is 2.11. The van der Waals surface area contributed by atoms with Gasteiger partial charge in [0.05, 0.1) is 20.0 Å². The van der Waals surface area contributed by atoms with Crippen molar-refractivity contribution < 1.29 is 17.9 Å². The number of carbonyl (C=O) groups excluding carboxylic acids is 1. The minimum absolute atomic E-state index is 0.110. The molecule has 0 aliphatic carbocycles. The first-order chi connectivity index (χ1) is 12.5. The monoisotopic (exact) mass is 450 g/mol. The minimum atomic E-state index is -3.63. The molecule has 0 aliphatic rings. The van der Waals surface area contributed by atoms with Gasteiger partial charge >= 0.3 is 0 Å². The van der Waals surface area contributed by atoms with Gasteiger partial charge in [-0.15, -0.1) is 0 Å². The number of carbonyl (C=O) groups is 1. The van der Waals surface area contributed by atoms with Crippen molar-refractivity contribution in [2.45, 2.75) is 11.8 Å². The molecule has 0 fully saturated rings. The first-order valence-electron chi connectivity index (χ1n) is 7.62. The molecule has 0 aliphatic heterocycles. The second kappa shape index (κ2) is 8.67. The van der Waals surface area contributed by atoms with Crippen LogP contribution in [0.4, 0.5) is 5.69 Å². The second-order valence-electron chi connectivity index (χ2n) is 5.80. The molecule has 0 aromatic heterocycles. The predicted octanol–water partition coefficient (Wildman–Crippen LogP) is 4.22. The number of aryl methyl sites for hydroxylation is 1. The number of benzene rings is 2. The summed E-state index contributed by atoms with van der Waals surface area (Å²) in [6.07, 6.45) is 0. The summed E-state index contributed by atoms with van der Waals surface area (Å²) in [5.41, 5.74) is 0.899. The third-order valence-corrected chi connectivity index (χ3v) is 6.54. The van der Waals surface area contributed by atoms with Gasteiger partial charge in [0.25, 0.3) is 5.91 Å². The van der Waals surface area contributed by atoms with Crippen LogP contribution < -0.4 is 10.1 Å². The Labute approximate surface area is 173 Å². The SMILES string of the molecule is Cc1ccc(NC(=O)COc2cc(Cl)c(Cl)cc2Cl)cc1S(=O)(=O)N(C)C. The molecule has 1 N–H and O–H groups in total. The van der Waals surface area contributed by atoms with E-state index in [1.807, 2.05) is 0 Å². The van der Waals surface area contributed by atoms with Gasteiger partial charge in [-0.1, -0.05) is 40.9 Å². The van der Waals surface area contributed by atoms with Gasteiger partial charge in [-0.05, 0) is 30.7 Å². The van der Waals surface area contributed by atoms with Gasteiger partial charge in [0.15, 0.2) is 6.61 Å². The lowest BCUT2D eigenvalue weighted by molar-refractivity contribution is -0.118. The van der Waals surface area contributed by atoms with Gasteiger partial charge in [-0.2, -0.15) is 0 Å². The summed E-state index contributed by atoms with van der Waals surface area (Å²) in [5, 5.41) is 3.32. The number of nitrogens with one attached hydrogen (secondary N) is 1. The molecule has 146 valence electrons. The van der Waals surface area contributed by atoms with Gasteiger partial charge in [0, 0.05) is 25.8 Å². The number of ether oxygens (including phenoxy) is 1. The normalized spacial score (nSPS) is 11.5. The van der Waals surface area contributed by atoms with E-state index in [0.717, 1.165) is 4.31 Å². The van der Waals surface area contributed by atoms with Crippen molar-refractivity contribution in [3.8, 4) is 5.75 Å². The van der Waals surface area contributed by atoms with Crippen LogP contribution in [0.5, 0.6) is 5.75 Å². The molecule has 10 heteroatoms. The van der Waals surface area contributed by atoms with E-state index >= 15 is 0 Å². The van der Waals surface area contributed by atoms with Crippen molar-refractivity contribution in [3.05, 3.63) is 51.0 Å². The maximum atomic E-state index is 12.3. The molecule has 0 saturated heterocycles. The topological polar surface area (TPSA) is 75.7 Å². The van der Waals surface area contributed by atoms with E-state index in [2.05, 4.69) is 5.32 Å². The van der Waals surface area contributed by atoms with E-state index in [9.17, 15) is 13.2 Å². The average Bonchev–Trinajstić information content (AvgIpc) is 2.58. The summed E-state index contributed by atoms with van der Waals surface area (Å²) in [5.74, 6) is -0.282. The van der Waals surface area contributed by atoms with Crippen molar-refractivity contribution in [1.29, 1.82) is 0 Å². The Hall–Kier alpha value is -1.51. The zero-order chi connectivity index (χ0) is 20.4. The van der Waals surface area contributed by atoms with Crippen LogP contribution in [0.25, 0.3) is 0 Å². The summed E-state index contributed by atoms with van der Waals surface area (Å²) in [6, 6.07) is 7.44. The van der Waals surface area contributed by atoms with E-state index in [1.165, 1.54) is 32.3 Å². The lowest BCUT2D eigenvalue weighted by atomic mass is 10.2. The smallest absolute Gasteiger partial charge is 0.262 e. The molecular formula is C17H17Cl3N2O4S. The molecule has 1 amide bonds. The van der Waals surface area contributed by atoms with Crippen LogP contribution in [0.1, 0.15) is 5.56 Å². The van der Waals surface area contributed by atoms with Gasteiger partial charge in [0.1, 0.15) is 5.75 Å². The highest BCUT2D eigenvalue weighted by Crippen LogP contribution is 2.33. The standard InChI is InChI=1S/C17H17Cl3N2O4S/c1-10-4-5-11(6-16(10)27(24,25)22(2)3)21-17(23)9-26-15-8-13(19)12(18)7-14(15)20/h4-8H,9H2,1-3H3,(H,21,23). The van der Waals surface area contributed by atoms with Crippen molar-refractivity contribution in [2.24, 2.45) is 0 Å². The van der Waals surface area contributed by atoms with E-state index in [4.69, 9.17) is 39.5 Å². The molecular weight excluding hydrogens is 435 g/mol. The van der Waals surface area contributed by atoms with E-state index < -0.39 is 15.9 Å². The molecule has 0 saturated carbocycles.